The number of nitrogens with zero attached hydrogens (tertiary/aromatic N) is 6. The van der Waals surface area contributed by atoms with Crippen LogP contribution in [0.1, 0.15) is 18.5 Å². The highest BCUT2D eigenvalue weighted by Crippen LogP contribution is 2.34. The largest absolute Gasteiger partial charge is 0.352 e. The molecule has 1 amide bonds. The van der Waals surface area contributed by atoms with Crippen molar-refractivity contribution in [1.29, 1.82) is 0 Å². The SMILES string of the molecule is Cc1nc2ccccc2nc1N1CCN(C2=NC(=O)C(F)C(C3CC3)=N2)CC1. The van der Waals surface area contributed by atoms with E-state index < -0.39 is 12.1 Å². The van der Waals surface area contributed by atoms with E-state index in [1.807, 2.05) is 36.1 Å². The zero-order valence-corrected chi connectivity index (χ0v) is 15.7. The van der Waals surface area contributed by atoms with E-state index in [-0.39, 0.29) is 5.92 Å². The van der Waals surface area contributed by atoms with E-state index in [0.29, 0.717) is 37.9 Å². The Hall–Kier alpha value is -2.90. The second-order valence-corrected chi connectivity index (χ2v) is 7.52. The summed E-state index contributed by atoms with van der Waals surface area (Å²) < 4.78 is 14.1. The first-order valence-electron chi connectivity index (χ1n) is 9.68. The molecule has 1 unspecified atom stereocenters. The van der Waals surface area contributed by atoms with Crippen LogP contribution < -0.4 is 4.90 Å². The van der Waals surface area contributed by atoms with E-state index in [0.717, 1.165) is 35.4 Å². The maximum atomic E-state index is 14.1. The molecule has 3 heterocycles. The van der Waals surface area contributed by atoms with Crippen molar-refractivity contribution in [3.63, 3.8) is 0 Å². The number of benzene rings is 1. The quantitative estimate of drug-likeness (QED) is 0.798. The minimum Gasteiger partial charge on any atom is -0.352 e. The zero-order chi connectivity index (χ0) is 19.3. The molecule has 2 fully saturated rings. The molecule has 0 N–H and O–H groups in total. The van der Waals surface area contributed by atoms with Crippen molar-refractivity contribution in [2.75, 3.05) is 31.1 Å². The molecule has 1 aliphatic carbocycles. The minimum atomic E-state index is -1.66. The number of amides is 1. The van der Waals surface area contributed by atoms with E-state index in [4.69, 9.17) is 4.98 Å². The molecule has 0 spiro atoms. The number of anilines is 1. The van der Waals surface area contributed by atoms with Crippen LogP contribution in [0.25, 0.3) is 11.0 Å². The fraction of sp³-hybridized carbons (Fsp3) is 0.450. The first kappa shape index (κ1) is 17.2. The van der Waals surface area contributed by atoms with Crippen LogP contribution in [0.3, 0.4) is 0 Å². The van der Waals surface area contributed by atoms with Crippen LogP contribution >= 0.6 is 0 Å². The standard InChI is InChI=1S/C20H21FN6O/c1-12-18(23-15-5-3-2-4-14(15)22-12)26-8-10-27(11-9-26)20-24-17(13-6-7-13)16(21)19(28)25-20/h2-5,13,16H,6-11H2,1H3. The molecule has 1 atom stereocenters. The summed E-state index contributed by atoms with van der Waals surface area (Å²) in [6.45, 7) is 4.71. The molecule has 28 heavy (non-hydrogen) atoms. The Bertz CT molecular complexity index is 1010. The third kappa shape index (κ3) is 3.02. The number of rotatable bonds is 2. The Balaban J connectivity index is 1.33. The van der Waals surface area contributed by atoms with Crippen LogP contribution in [-0.2, 0) is 4.79 Å². The van der Waals surface area contributed by atoms with Crippen molar-refractivity contribution < 1.29 is 9.18 Å². The number of aliphatic imine (C=N–C) groups is 2. The molecule has 0 bridgehead atoms. The van der Waals surface area contributed by atoms with Gasteiger partial charge in [-0.05, 0) is 31.9 Å². The number of para-hydroxylation sites is 2. The summed E-state index contributed by atoms with van der Waals surface area (Å²) in [6.07, 6.45) is 0.161. The summed E-state index contributed by atoms with van der Waals surface area (Å²) in [5, 5.41) is 0. The van der Waals surface area contributed by atoms with E-state index in [2.05, 4.69) is 19.9 Å². The van der Waals surface area contributed by atoms with Crippen LogP contribution in [0.5, 0.6) is 0 Å². The van der Waals surface area contributed by atoms with Gasteiger partial charge in [-0.3, -0.25) is 4.79 Å². The molecule has 0 radical (unpaired) electrons. The van der Waals surface area contributed by atoms with E-state index >= 15 is 0 Å². The number of alkyl halides is 1. The van der Waals surface area contributed by atoms with Gasteiger partial charge in [0, 0.05) is 32.1 Å². The number of carbonyl (C=O) groups excluding carboxylic acids is 1. The third-order valence-corrected chi connectivity index (χ3v) is 5.49. The van der Waals surface area contributed by atoms with Gasteiger partial charge < -0.3 is 9.80 Å². The summed E-state index contributed by atoms with van der Waals surface area (Å²) >= 11 is 0. The number of fused-ring (bicyclic) bond motifs is 1. The summed E-state index contributed by atoms with van der Waals surface area (Å²) in [6, 6.07) is 7.84. The van der Waals surface area contributed by atoms with Crippen molar-refractivity contribution in [3.8, 4) is 0 Å². The lowest BCUT2D eigenvalue weighted by Crippen LogP contribution is -2.50. The Morgan fingerprint density at radius 2 is 1.61 bits per heavy atom. The number of hydrogen-bond donors (Lipinski definition) is 0. The lowest BCUT2D eigenvalue weighted by Gasteiger charge is -2.37. The first-order valence-corrected chi connectivity index (χ1v) is 9.68. The van der Waals surface area contributed by atoms with Gasteiger partial charge >= 0.3 is 0 Å². The molecular formula is C20H21FN6O. The minimum absolute atomic E-state index is 0.112. The molecule has 1 saturated heterocycles. The number of hydrogen-bond acceptors (Lipinski definition) is 6. The normalized spacial score (nSPS) is 23.1. The summed E-state index contributed by atoms with van der Waals surface area (Å²) in [7, 11) is 0. The number of guanidine groups is 1. The van der Waals surface area contributed by atoms with Crippen LogP contribution in [0, 0.1) is 12.8 Å². The van der Waals surface area contributed by atoms with Crippen molar-refractivity contribution >= 4 is 34.4 Å². The molecule has 1 aromatic carbocycles. The highest BCUT2D eigenvalue weighted by atomic mass is 19.1. The van der Waals surface area contributed by atoms with Crippen LogP contribution in [0.2, 0.25) is 0 Å². The molecule has 1 saturated carbocycles. The average molecular weight is 380 g/mol. The highest BCUT2D eigenvalue weighted by molar-refractivity contribution is 6.18. The van der Waals surface area contributed by atoms with Crippen molar-refractivity contribution in [3.05, 3.63) is 30.0 Å². The molecule has 8 heteroatoms. The van der Waals surface area contributed by atoms with E-state index in [9.17, 15) is 9.18 Å². The lowest BCUT2D eigenvalue weighted by atomic mass is 10.1. The van der Waals surface area contributed by atoms with Gasteiger partial charge in [0.25, 0.3) is 5.91 Å². The summed E-state index contributed by atoms with van der Waals surface area (Å²) in [5.41, 5.74) is 3.03. The van der Waals surface area contributed by atoms with Crippen LogP contribution in [0.15, 0.2) is 34.3 Å². The maximum Gasteiger partial charge on any atom is 0.289 e. The zero-order valence-electron chi connectivity index (χ0n) is 15.7. The van der Waals surface area contributed by atoms with Gasteiger partial charge in [0.2, 0.25) is 12.1 Å². The average Bonchev–Trinajstić information content (AvgIpc) is 3.55. The van der Waals surface area contributed by atoms with Gasteiger partial charge in [-0.2, -0.15) is 4.99 Å². The number of aromatic nitrogens is 2. The fourth-order valence-corrected chi connectivity index (χ4v) is 3.79. The predicted octanol–water partition coefficient (Wildman–Crippen LogP) is 2.15. The smallest absolute Gasteiger partial charge is 0.289 e. The second-order valence-electron chi connectivity index (χ2n) is 7.52. The molecule has 1 aromatic heterocycles. The Labute approximate surface area is 162 Å². The molecule has 2 aromatic rings. The van der Waals surface area contributed by atoms with Gasteiger partial charge in [-0.15, -0.1) is 0 Å². The Morgan fingerprint density at radius 3 is 2.29 bits per heavy atom. The monoisotopic (exact) mass is 380 g/mol. The third-order valence-electron chi connectivity index (χ3n) is 5.49. The number of carbonyl (C=O) groups is 1. The lowest BCUT2D eigenvalue weighted by molar-refractivity contribution is -0.120. The molecule has 3 aliphatic rings. The molecular weight excluding hydrogens is 359 g/mol. The Kier molecular flexibility index (Phi) is 4.07. The van der Waals surface area contributed by atoms with E-state index in [1.165, 1.54) is 0 Å². The summed E-state index contributed by atoms with van der Waals surface area (Å²) in [4.78, 5) is 33.9. The Morgan fingerprint density at radius 1 is 0.964 bits per heavy atom. The van der Waals surface area contributed by atoms with Gasteiger partial charge in [-0.25, -0.2) is 19.4 Å². The second kappa shape index (κ2) is 6.61. The van der Waals surface area contributed by atoms with Crippen molar-refractivity contribution in [2.24, 2.45) is 15.9 Å². The number of piperazine rings is 1. The topological polar surface area (TPSA) is 74.1 Å². The molecule has 7 nitrogen and oxygen atoms in total. The van der Waals surface area contributed by atoms with Crippen LogP contribution in [-0.4, -0.2) is 64.8 Å². The van der Waals surface area contributed by atoms with Gasteiger partial charge in [0.05, 0.1) is 22.4 Å². The first-order chi connectivity index (χ1) is 13.6. The molecule has 2 aliphatic heterocycles. The molecule has 5 rings (SSSR count). The predicted molar refractivity (Wildman–Crippen MR) is 106 cm³/mol. The fourth-order valence-electron chi connectivity index (χ4n) is 3.79. The van der Waals surface area contributed by atoms with Gasteiger partial charge in [0.15, 0.2) is 5.82 Å². The maximum absolute atomic E-state index is 14.1. The molecule has 144 valence electrons. The van der Waals surface area contributed by atoms with Gasteiger partial charge in [-0.1, -0.05) is 12.1 Å². The number of halogens is 1. The summed E-state index contributed by atoms with van der Waals surface area (Å²) in [5.74, 6) is 0.639. The number of aryl methyl sites for hydroxylation is 1. The van der Waals surface area contributed by atoms with E-state index in [1.54, 1.807) is 0 Å². The van der Waals surface area contributed by atoms with Crippen molar-refractivity contribution in [2.45, 2.75) is 25.9 Å². The highest BCUT2D eigenvalue weighted by Gasteiger charge is 2.40. The van der Waals surface area contributed by atoms with Crippen LogP contribution in [0.4, 0.5) is 10.2 Å². The van der Waals surface area contributed by atoms with Gasteiger partial charge in [0.1, 0.15) is 0 Å². The van der Waals surface area contributed by atoms with Crippen molar-refractivity contribution in [1.82, 2.24) is 14.9 Å².